The number of aliphatic imine (C=N–C) groups is 2. The van der Waals surface area contributed by atoms with E-state index in [0.717, 1.165) is 5.71 Å². The van der Waals surface area contributed by atoms with Crippen LogP contribution < -0.4 is 0 Å². The highest BCUT2D eigenvalue weighted by atomic mass is 16.5. The van der Waals surface area contributed by atoms with E-state index in [4.69, 9.17) is 4.74 Å². The molecule has 0 amide bonds. The fraction of sp³-hybridized carbons (Fsp3) is 0.500. The number of allylic oxidation sites excluding steroid dienone is 1. The summed E-state index contributed by atoms with van der Waals surface area (Å²) in [6.07, 6.45) is 3.48. The minimum atomic E-state index is 0.613. The smallest absolute Gasteiger partial charge is 0.208 e. The van der Waals surface area contributed by atoms with Crippen molar-refractivity contribution in [2.45, 2.75) is 13.8 Å². The standard InChI is InChI=1S/C8H14N2O/c1-5-8(11-4)10-7(2)6-9-3/h5-6H,1-4H3/b8-5-,9-6?,10-7-. The quantitative estimate of drug-likeness (QED) is 0.449. The fourth-order valence-corrected chi connectivity index (χ4v) is 0.618. The molecular weight excluding hydrogens is 140 g/mol. The third-order valence-electron chi connectivity index (χ3n) is 1.06. The van der Waals surface area contributed by atoms with Crippen LogP contribution in [0.15, 0.2) is 21.9 Å². The van der Waals surface area contributed by atoms with Gasteiger partial charge in [-0.3, -0.25) is 4.99 Å². The Kier molecular flexibility index (Phi) is 5.07. The molecule has 0 spiro atoms. The lowest BCUT2D eigenvalue weighted by molar-refractivity contribution is 0.288. The van der Waals surface area contributed by atoms with Gasteiger partial charge >= 0.3 is 0 Å². The molecule has 0 heterocycles. The van der Waals surface area contributed by atoms with Crippen LogP contribution in [0.4, 0.5) is 0 Å². The number of hydrogen-bond acceptors (Lipinski definition) is 3. The second kappa shape index (κ2) is 5.65. The van der Waals surface area contributed by atoms with Gasteiger partial charge in [0.25, 0.3) is 0 Å². The van der Waals surface area contributed by atoms with Crippen molar-refractivity contribution in [2.24, 2.45) is 9.98 Å². The molecule has 0 aromatic rings. The van der Waals surface area contributed by atoms with Crippen molar-refractivity contribution >= 4 is 11.9 Å². The van der Waals surface area contributed by atoms with E-state index in [9.17, 15) is 0 Å². The molecule has 0 radical (unpaired) electrons. The zero-order valence-electron chi connectivity index (χ0n) is 7.46. The van der Waals surface area contributed by atoms with Gasteiger partial charge in [0, 0.05) is 13.3 Å². The molecule has 0 aliphatic carbocycles. The molecule has 0 saturated heterocycles. The fourth-order valence-electron chi connectivity index (χ4n) is 0.618. The molecule has 0 aromatic carbocycles. The van der Waals surface area contributed by atoms with Crippen molar-refractivity contribution in [3.8, 4) is 0 Å². The van der Waals surface area contributed by atoms with E-state index in [2.05, 4.69) is 9.98 Å². The molecule has 0 aliphatic rings. The van der Waals surface area contributed by atoms with Gasteiger partial charge in [-0.1, -0.05) is 0 Å². The lowest BCUT2D eigenvalue weighted by Crippen LogP contribution is -1.94. The van der Waals surface area contributed by atoms with Crippen LogP contribution in [0.1, 0.15) is 13.8 Å². The summed E-state index contributed by atoms with van der Waals surface area (Å²) in [5.74, 6) is 0.613. The van der Waals surface area contributed by atoms with Gasteiger partial charge < -0.3 is 4.74 Å². The molecule has 0 N–H and O–H groups in total. The summed E-state index contributed by atoms with van der Waals surface area (Å²) in [5.41, 5.74) is 0.836. The van der Waals surface area contributed by atoms with E-state index < -0.39 is 0 Å². The van der Waals surface area contributed by atoms with Crippen LogP contribution in [0, 0.1) is 0 Å². The van der Waals surface area contributed by atoms with Crippen molar-refractivity contribution in [1.29, 1.82) is 0 Å². The van der Waals surface area contributed by atoms with Gasteiger partial charge in [-0.25, -0.2) is 4.99 Å². The second-order valence-corrected chi connectivity index (χ2v) is 1.97. The number of methoxy groups -OCH3 is 1. The zero-order chi connectivity index (χ0) is 8.69. The van der Waals surface area contributed by atoms with E-state index in [1.54, 1.807) is 26.4 Å². The normalized spacial score (nSPS) is 14.2. The number of nitrogens with zero attached hydrogens (tertiary/aromatic N) is 2. The Morgan fingerprint density at radius 1 is 1.45 bits per heavy atom. The maximum absolute atomic E-state index is 4.93. The molecule has 3 heteroatoms. The van der Waals surface area contributed by atoms with Gasteiger partial charge in [0.2, 0.25) is 5.88 Å². The van der Waals surface area contributed by atoms with Gasteiger partial charge in [-0.15, -0.1) is 0 Å². The molecule has 11 heavy (non-hydrogen) atoms. The average Bonchev–Trinajstić information content (AvgIpc) is 2.01. The molecule has 0 aromatic heterocycles. The zero-order valence-corrected chi connectivity index (χ0v) is 7.46. The first-order valence-corrected chi connectivity index (χ1v) is 3.42. The lowest BCUT2D eigenvalue weighted by atomic mass is 10.4. The average molecular weight is 154 g/mol. The van der Waals surface area contributed by atoms with Gasteiger partial charge in [0.05, 0.1) is 12.8 Å². The molecule has 0 bridgehead atoms. The predicted molar refractivity (Wildman–Crippen MR) is 48.3 cm³/mol. The third kappa shape index (κ3) is 4.31. The molecule has 0 atom stereocenters. The van der Waals surface area contributed by atoms with Gasteiger partial charge in [-0.2, -0.15) is 0 Å². The maximum Gasteiger partial charge on any atom is 0.208 e. The minimum absolute atomic E-state index is 0.613. The van der Waals surface area contributed by atoms with Crippen LogP contribution in [-0.4, -0.2) is 26.1 Å². The van der Waals surface area contributed by atoms with Crippen LogP contribution in [-0.2, 0) is 4.74 Å². The lowest BCUT2D eigenvalue weighted by Gasteiger charge is -1.97. The SMILES string of the molecule is C/C=C(/N=C(/C)C=NC)OC. The Bertz CT molecular complexity index is 192. The van der Waals surface area contributed by atoms with Gasteiger partial charge in [-0.05, 0) is 19.9 Å². The summed E-state index contributed by atoms with van der Waals surface area (Å²) >= 11 is 0. The first-order valence-electron chi connectivity index (χ1n) is 3.42. The van der Waals surface area contributed by atoms with Crippen LogP contribution in [0.25, 0.3) is 0 Å². The van der Waals surface area contributed by atoms with E-state index in [-0.39, 0.29) is 0 Å². The van der Waals surface area contributed by atoms with Crippen LogP contribution in [0.5, 0.6) is 0 Å². The first kappa shape index (κ1) is 9.88. The Hall–Kier alpha value is -1.12. The summed E-state index contributed by atoms with van der Waals surface area (Å²) in [7, 11) is 3.30. The second-order valence-electron chi connectivity index (χ2n) is 1.97. The summed E-state index contributed by atoms with van der Waals surface area (Å²) < 4.78 is 4.93. The Labute approximate surface area is 67.5 Å². The van der Waals surface area contributed by atoms with Crippen LogP contribution >= 0.6 is 0 Å². The molecule has 0 fully saturated rings. The Balaban J connectivity index is 4.27. The van der Waals surface area contributed by atoms with Crippen molar-refractivity contribution in [2.75, 3.05) is 14.2 Å². The van der Waals surface area contributed by atoms with E-state index >= 15 is 0 Å². The monoisotopic (exact) mass is 154 g/mol. The van der Waals surface area contributed by atoms with Gasteiger partial charge in [0.1, 0.15) is 0 Å². The minimum Gasteiger partial charge on any atom is -0.481 e. The van der Waals surface area contributed by atoms with Crippen molar-refractivity contribution in [1.82, 2.24) is 0 Å². The molecule has 0 aliphatic heterocycles. The molecule has 62 valence electrons. The molecule has 0 rings (SSSR count). The van der Waals surface area contributed by atoms with Crippen molar-refractivity contribution < 1.29 is 4.74 Å². The predicted octanol–water partition coefficient (Wildman–Crippen LogP) is 1.66. The molecule has 0 unspecified atom stereocenters. The van der Waals surface area contributed by atoms with E-state index in [0.29, 0.717) is 5.88 Å². The highest BCUT2D eigenvalue weighted by molar-refractivity contribution is 6.29. The summed E-state index contributed by atoms with van der Waals surface area (Å²) in [4.78, 5) is 7.93. The summed E-state index contributed by atoms with van der Waals surface area (Å²) in [6.45, 7) is 3.74. The summed E-state index contributed by atoms with van der Waals surface area (Å²) in [5, 5.41) is 0. The largest absolute Gasteiger partial charge is 0.481 e. The molecular formula is C8H14N2O. The third-order valence-corrected chi connectivity index (χ3v) is 1.06. The Morgan fingerprint density at radius 2 is 2.09 bits per heavy atom. The van der Waals surface area contributed by atoms with Crippen molar-refractivity contribution in [3.05, 3.63) is 12.0 Å². The van der Waals surface area contributed by atoms with Crippen molar-refractivity contribution in [3.63, 3.8) is 0 Å². The van der Waals surface area contributed by atoms with Crippen LogP contribution in [0.3, 0.4) is 0 Å². The molecule has 0 saturated carbocycles. The first-order chi connectivity index (χ1) is 5.24. The number of hydrogen-bond donors (Lipinski definition) is 0. The summed E-state index contributed by atoms with van der Waals surface area (Å²) in [6, 6.07) is 0. The maximum atomic E-state index is 4.93. The molecule has 3 nitrogen and oxygen atoms in total. The van der Waals surface area contributed by atoms with Gasteiger partial charge in [0.15, 0.2) is 0 Å². The highest BCUT2D eigenvalue weighted by Gasteiger charge is 1.89. The topological polar surface area (TPSA) is 34.0 Å². The number of rotatable bonds is 3. The van der Waals surface area contributed by atoms with E-state index in [1.807, 2.05) is 13.8 Å². The van der Waals surface area contributed by atoms with E-state index in [1.165, 1.54) is 0 Å². The van der Waals surface area contributed by atoms with Crippen LogP contribution in [0.2, 0.25) is 0 Å². The highest BCUT2D eigenvalue weighted by Crippen LogP contribution is 1.96. The number of ether oxygens (including phenoxy) is 1. The Morgan fingerprint density at radius 3 is 2.45 bits per heavy atom.